The summed E-state index contributed by atoms with van der Waals surface area (Å²) in [6.07, 6.45) is 1.45. The summed E-state index contributed by atoms with van der Waals surface area (Å²) in [6, 6.07) is 3.25. The number of rotatable bonds is 8. The second-order valence-electron chi connectivity index (χ2n) is 5.82. The molecule has 0 unspecified atom stereocenters. The molecule has 1 N–H and O–H groups in total. The first kappa shape index (κ1) is 20.4. The Labute approximate surface area is 151 Å². The summed E-state index contributed by atoms with van der Waals surface area (Å²) < 4.78 is 60.1. The minimum Gasteiger partial charge on any atom is -0.493 e. The molecular formula is C16H22F2N2O5S. The fourth-order valence-corrected chi connectivity index (χ4v) is 4.62. The van der Waals surface area contributed by atoms with Crippen LogP contribution in [-0.2, 0) is 14.8 Å². The van der Waals surface area contributed by atoms with Crippen molar-refractivity contribution in [2.75, 3.05) is 24.7 Å². The SMILES string of the molecule is CCCS(=O)(=O)N1CCC[C@H]1C(=O)Nc1ccc(OC)c(OC(F)F)c1. The second kappa shape index (κ2) is 8.63. The Kier molecular flexibility index (Phi) is 6.76. The van der Waals surface area contributed by atoms with Crippen LogP contribution in [0.15, 0.2) is 18.2 Å². The van der Waals surface area contributed by atoms with E-state index in [1.54, 1.807) is 6.92 Å². The summed E-state index contributed by atoms with van der Waals surface area (Å²) in [5.41, 5.74) is 0.214. The molecule has 1 fully saturated rings. The fraction of sp³-hybridized carbons (Fsp3) is 0.562. The number of nitrogens with one attached hydrogen (secondary N) is 1. The highest BCUT2D eigenvalue weighted by Gasteiger charge is 2.38. The molecule has 0 saturated carbocycles. The third-order valence-electron chi connectivity index (χ3n) is 3.97. The van der Waals surface area contributed by atoms with Gasteiger partial charge in [0.15, 0.2) is 11.5 Å². The Morgan fingerprint density at radius 2 is 2.12 bits per heavy atom. The number of nitrogens with zero attached hydrogens (tertiary/aromatic N) is 1. The molecule has 0 radical (unpaired) electrons. The molecule has 1 amide bonds. The van der Waals surface area contributed by atoms with E-state index in [2.05, 4.69) is 10.1 Å². The lowest BCUT2D eigenvalue weighted by Gasteiger charge is -2.23. The molecule has 1 aliphatic heterocycles. The van der Waals surface area contributed by atoms with E-state index in [0.29, 0.717) is 25.8 Å². The van der Waals surface area contributed by atoms with E-state index in [1.165, 1.54) is 29.6 Å². The van der Waals surface area contributed by atoms with Crippen molar-refractivity contribution in [2.24, 2.45) is 0 Å². The van der Waals surface area contributed by atoms with Gasteiger partial charge in [-0.05, 0) is 31.4 Å². The Morgan fingerprint density at radius 3 is 2.73 bits per heavy atom. The van der Waals surface area contributed by atoms with E-state index in [9.17, 15) is 22.0 Å². The molecule has 1 aromatic rings. The smallest absolute Gasteiger partial charge is 0.387 e. The number of ether oxygens (including phenoxy) is 2. The third kappa shape index (κ3) is 4.82. The number of anilines is 1. The van der Waals surface area contributed by atoms with Gasteiger partial charge in [0.2, 0.25) is 15.9 Å². The summed E-state index contributed by atoms with van der Waals surface area (Å²) in [4.78, 5) is 12.5. The predicted octanol–water partition coefficient (Wildman–Crippen LogP) is 2.44. The maximum atomic E-state index is 12.5. The number of hydrogen-bond donors (Lipinski definition) is 1. The van der Waals surface area contributed by atoms with Gasteiger partial charge >= 0.3 is 6.61 Å². The summed E-state index contributed by atoms with van der Waals surface area (Å²) in [5, 5.41) is 2.57. The lowest BCUT2D eigenvalue weighted by atomic mass is 10.2. The van der Waals surface area contributed by atoms with Crippen molar-refractivity contribution in [3.63, 3.8) is 0 Å². The van der Waals surface area contributed by atoms with E-state index < -0.39 is 28.6 Å². The fourth-order valence-electron chi connectivity index (χ4n) is 2.88. The molecule has 2 rings (SSSR count). The van der Waals surface area contributed by atoms with Crippen LogP contribution in [0.25, 0.3) is 0 Å². The number of hydrogen-bond acceptors (Lipinski definition) is 5. The van der Waals surface area contributed by atoms with E-state index in [4.69, 9.17) is 4.74 Å². The van der Waals surface area contributed by atoms with Crippen molar-refractivity contribution in [1.82, 2.24) is 4.31 Å². The zero-order chi connectivity index (χ0) is 19.3. The number of halogens is 2. The highest BCUT2D eigenvalue weighted by atomic mass is 32.2. The molecule has 1 atom stereocenters. The van der Waals surface area contributed by atoms with Gasteiger partial charge in [-0.25, -0.2) is 8.42 Å². The van der Waals surface area contributed by atoms with Crippen LogP contribution < -0.4 is 14.8 Å². The van der Waals surface area contributed by atoms with Gasteiger partial charge in [0.25, 0.3) is 0 Å². The first-order valence-electron chi connectivity index (χ1n) is 8.21. The van der Waals surface area contributed by atoms with Gasteiger partial charge < -0.3 is 14.8 Å². The number of alkyl halides is 2. The lowest BCUT2D eigenvalue weighted by Crippen LogP contribution is -2.44. The quantitative estimate of drug-likeness (QED) is 0.735. The van der Waals surface area contributed by atoms with Gasteiger partial charge in [-0.15, -0.1) is 0 Å². The van der Waals surface area contributed by atoms with Gasteiger partial charge in [-0.1, -0.05) is 6.92 Å². The molecule has 0 bridgehead atoms. The second-order valence-corrected chi connectivity index (χ2v) is 7.86. The number of carbonyl (C=O) groups is 1. The minimum absolute atomic E-state index is 0.0221. The van der Waals surface area contributed by atoms with Gasteiger partial charge in [0.05, 0.1) is 12.9 Å². The minimum atomic E-state index is -3.50. The van der Waals surface area contributed by atoms with E-state index in [0.717, 1.165) is 0 Å². The van der Waals surface area contributed by atoms with E-state index in [-0.39, 0.29) is 22.9 Å². The molecule has 1 heterocycles. The van der Waals surface area contributed by atoms with Crippen molar-refractivity contribution in [3.8, 4) is 11.5 Å². The topological polar surface area (TPSA) is 84.9 Å². The first-order chi connectivity index (χ1) is 12.3. The molecule has 146 valence electrons. The Balaban J connectivity index is 2.16. The van der Waals surface area contributed by atoms with Crippen LogP contribution in [0.1, 0.15) is 26.2 Å². The maximum absolute atomic E-state index is 12.5. The molecular weight excluding hydrogens is 370 g/mol. The monoisotopic (exact) mass is 392 g/mol. The number of carbonyl (C=O) groups excluding carboxylic acids is 1. The molecule has 1 aliphatic rings. The van der Waals surface area contributed by atoms with Crippen molar-refractivity contribution < 1.29 is 31.5 Å². The molecule has 1 aromatic carbocycles. The highest BCUT2D eigenvalue weighted by Crippen LogP contribution is 2.32. The molecule has 0 spiro atoms. The molecule has 0 aromatic heterocycles. The van der Waals surface area contributed by atoms with Crippen molar-refractivity contribution in [1.29, 1.82) is 0 Å². The van der Waals surface area contributed by atoms with Gasteiger partial charge in [-0.2, -0.15) is 13.1 Å². The zero-order valence-electron chi connectivity index (χ0n) is 14.6. The molecule has 1 saturated heterocycles. The average Bonchev–Trinajstić information content (AvgIpc) is 3.05. The van der Waals surface area contributed by atoms with Crippen LogP contribution in [0, 0.1) is 0 Å². The number of sulfonamides is 1. The van der Waals surface area contributed by atoms with Gasteiger partial charge in [0.1, 0.15) is 6.04 Å². The Morgan fingerprint density at radius 1 is 1.38 bits per heavy atom. The predicted molar refractivity (Wildman–Crippen MR) is 92.1 cm³/mol. The molecule has 26 heavy (non-hydrogen) atoms. The van der Waals surface area contributed by atoms with Crippen LogP contribution >= 0.6 is 0 Å². The van der Waals surface area contributed by atoms with Crippen LogP contribution in [-0.4, -0.2) is 50.7 Å². The normalized spacial score (nSPS) is 18.1. The zero-order valence-corrected chi connectivity index (χ0v) is 15.4. The van der Waals surface area contributed by atoms with Gasteiger partial charge in [0, 0.05) is 18.3 Å². The van der Waals surface area contributed by atoms with Crippen molar-refractivity contribution in [2.45, 2.75) is 38.8 Å². The summed E-state index contributed by atoms with van der Waals surface area (Å²) in [6.45, 7) is -0.993. The number of benzene rings is 1. The summed E-state index contributed by atoms with van der Waals surface area (Å²) in [7, 11) is -2.20. The van der Waals surface area contributed by atoms with E-state index >= 15 is 0 Å². The van der Waals surface area contributed by atoms with Gasteiger partial charge in [-0.3, -0.25) is 4.79 Å². The Hall–Kier alpha value is -1.94. The molecule has 0 aliphatic carbocycles. The van der Waals surface area contributed by atoms with Crippen molar-refractivity contribution in [3.05, 3.63) is 18.2 Å². The Bertz CT molecular complexity index is 742. The van der Waals surface area contributed by atoms with Crippen molar-refractivity contribution >= 4 is 21.6 Å². The van der Waals surface area contributed by atoms with Crippen LogP contribution in [0.3, 0.4) is 0 Å². The van der Waals surface area contributed by atoms with Crippen LogP contribution in [0.4, 0.5) is 14.5 Å². The average molecular weight is 392 g/mol. The largest absolute Gasteiger partial charge is 0.493 e. The highest BCUT2D eigenvalue weighted by molar-refractivity contribution is 7.89. The number of amides is 1. The van der Waals surface area contributed by atoms with E-state index in [1.807, 2.05) is 0 Å². The molecule has 10 heteroatoms. The maximum Gasteiger partial charge on any atom is 0.387 e. The van der Waals surface area contributed by atoms with Crippen LogP contribution in [0.5, 0.6) is 11.5 Å². The number of methoxy groups -OCH3 is 1. The lowest BCUT2D eigenvalue weighted by molar-refractivity contribution is -0.119. The first-order valence-corrected chi connectivity index (χ1v) is 9.82. The summed E-state index contributed by atoms with van der Waals surface area (Å²) in [5.74, 6) is -0.653. The molecule has 7 nitrogen and oxygen atoms in total. The summed E-state index contributed by atoms with van der Waals surface area (Å²) >= 11 is 0. The van der Waals surface area contributed by atoms with Crippen LogP contribution in [0.2, 0.25) is 0 Å². The third-order valence-corrected chi connectivity index (χ3v) is 6.05. The standard InChI is InChI=1S/C16H22F2N2O5S/c1-3-9-26(22,23)20-8-4-5-12(20)15(21)19-11-6-7-13(24-2)14(10-11)25-16(17)18/h6-7,10,12,16H,3-5,8-9H2,1-2H3,(H,19,21)/t12-/m0/s1.